The second kappa shape index (κ2) is 12.0. The van der Waals surface area contributed by atoms with Crippen molar-refractivity contribution in [3.05, 3.63) is 54.1 Å². The Morgan fingerprint density at radius 1 is 1.10 bits per heavy atom. The summed E-state index contributed by atoms with van der Waals surface area (Å²) in [6, 6.07) is 16.5. The number of hydrogen-bond acceptors (Lipinski definition) is 4. The predicted molar refractivity (Wildman–Crippen MR) is 133 cm³/mol. The Kier molecular flexibility index (Phi) is 9.71. The van der Waals surface area contributed by atoms with Crippen LogP contribution in [0.15, 0.2) is 53.5 Å². The molecule has 1 fully saturated rings. The molecule has 30 heavy (non-hydrogen) atoms. The van der Waals surface area contributed by atoms with Crippen LogP contribution in [0.25, 0.3) is 0 Å². The third kappa shape index (κ3) is 6.01. The summed E-state index contributed by atoms with van der Waals surface area (Å²) in [7, 11) is 3.42. The number of anilines is 1. The van der Waals surface area contributed by atoms with Gasteiger partial charge in [-0.05, 0) is 37.5 Å². The molecule has 0 bridgehead atoms. The number of nitrogens with zero attached hydrogens (tertiary/aromatic N) is 1. The van der Waals surface area contributed by atoms with Crippen molar-refractivity contribution in [3.8, 4) is 11.5 Å². The molecule has 0 saturated carbocycles. The van der Waals surface area contributed by atoms with Crippen LogP contribution in [0, 0.1) is 0 Å². The van der Waals surface area contributed by atoms with E-state index in [1.165, 1.54) is 5.56 Å². The topological polar surface area (TPSA) is 64.1 Å². The van der Waals surface area contributed by atoms with E-state index in [4.69, 9.17) is 14.2 Å². The van der Waals surface area contributed by atoms with Crippen LogP contribution in [0.2, 0.25) is 0 Å². The minimum absolute atomic E-state index is 0. The Morgan fingerprint density at radius 3 is 2.47 bits per heavy atom. The molecule has 0 radical (unpaired) electrons. The number of nitrogens with one attached hydrogen (secondary N) is 2. The van der Waals surface area contributed by atoms with E-state index in [0.29, 0.717) is 12.4 Å². The molecule has 3 rings (SSSR count). The minimum atomic E-state index is 0. The average Bonchev–Trinajstić information content (AvgIpc) is 2.79. The summed E-state index contributed by atoms with van der Waals surface area (Å²) in [5.74, 6) is 2.14. The van der Waals surface area contributed by atoms with E-state index >= 15 is 0 Å². The van der Waals surface area contributed by atoms with Gasteiger partial charge in [0.15, 0.2) is 17.5 Å². The monoisotopic (exact) mass is 525 g/mol. The molecule has 0 unspecified atom stereocenters. The van der Waals surface area contributed by atoms with Gasteiger partial charge in [0, 0.05) is 44.0 Å². The Bertz CT molecular complexity index is 809. The zero-order valence-corrected chi connectivity index (χ0v) is 20.3. The lowest BCUT2D eigenvalue weighted by atomic mass is 9.74. The van der Waals surface area contributed by atoms with Gasteiger partial charge in [-0.2, -0.15) is 0 Å². The van der Waals surface area contributed by atoms with Crippen molar-refractivity contribution in [1.29, 1.82) is 0 Å². The fourth-order valence-electron chi connectivity index (χ4n) is 3.71. The van der Waals surface area contributed by atoms with E-state index in [-0.39, 0.29) is 29.4 Å². The summed E-state index contributed by atoms with van der Waals surface area (Å²) >= 11 is 0. The van der Waals surface area contributed by atoms with E-state index < -0.39 is 0 Å². The first-order chi connectivity index (χ1) is 14.2. The summed E-state index contributed by atoms with van der Waals surface area (Å²) in [6.45, 7) is 4.89. The molecule has 164 valence electrons. The van der Waals surface area contributed by atoms with E-state index in [0.717, 1.165) is 50.0 Å². The molecule has 1 aliphatic heterocycles. The number of benzene rings is 2. The minimum Gasteiger partial charge on any atom is -0.493 e. The van der Waals surface area contributed by atoms with E-state index in [9.17, 15) is 0 Å². The van der Waals surface area contributed by atoms with Gasteiger partial charge in [-0.15, -0.1) is 24.0 Å². The fourth-order valence-corrected chi connectivity index (χ4v) is 3.71. The molecule has 0 aliphatic carbocycles. The Morgan fingerprint density at radius 2 is 1.83 bits per heavy atom. The van der Waals surface area contributed by atoms with Crippen LogP contribution in [-0.4, -0.2) is 46.5 Å². The molecule has 0 aromatic heterocycles. The third-order valence-corrected chi connectivity index (χ3v) is 5.38. The molecule has 0 spiro atoms. The van der Waals surface area contributed by atoms with Crippen LogP contribution < -0.4 is 20.1 Å². The molecular formula is C23H32IN3O3. The van der Waals surface area contributed by atoms with E-state index in [2.05, 4.69) is 46.0 Å². The number of rotatable bonds is 7. The van der Waals surface area contributed by atoms with Gasteiger partial charge >= 0.3 is 0 Å². The highest BCUT2D eigenvalue weighted by molar-refractivity contribution is 14.0. The Labute approximate surface area is 196 Å². The maximum absolute atomic E-state index is 5.63. The number of methoxy groups -OCH3 is 1. The van der Waals surface area contributed by atoms with Crippen LogP contribution in [0.4, 0.5) is 5.69 Å². The first-order valence-corrected chi connectivity index (χ1v) is 10.1. The lowest BCUT2D eigenvalue weighted by molar-refractivity contribution is 0.0514. The van der Waals surface area contributed by atoms with Crippen LogP contribution in [0.3, 0.4) is 0 Å². The van der Waals surface area contributed by atoms with Gasteiger partial charge in [-0.1, -0.05) is 30.3 Å². The van der Waals surface area contributed by atoms with Crippen molar-refractivity contribution < 1.29 is 14.2 Å². The molecule has 2 aromatic carbocycles. The number of guanidine groups is 1. The first-order valence-electron chi connectivity index (χ1n) is 10.1. The number of halogens is 1. The smallest absolute Gasteiger partial charge is 0.195 e. The number of hydrogen-bond donors (Lipinski definition) is 2. The van der Waals surface area contributed by atoms with Crippen LogP contribution in [0.1, 0.15) is 25.3 Å². The Balaban J connectivity index is 0.00000320. The van der Waals surface area contributed by atoms with Crippen molar-refractivity contribution in [2.45, 2.75) is 25.2 Å². The number of aliphatic imine (C=N–C) groups is 1. The molecule has 2 N–H and O–H groups in total. The van der Waals surface area contributed by atoms with Gasteiger partial charge in [0.2, 0.25) is 0 Å². The maximum Gasteiger partial charge on any atom is 0.195 e. The molecule has 6 nitrogen and oxygen atoms in total. The summed E-state index contributed by atoms with van der Waals surface area (Å²) in [4.78, 5) is 4.40. The largest absolute Gasteiger partial charge is 0.493 e. The second-order valence-corrected chi connectivity index (χ2v) is 7.11. The van der Waals surface area contributed by atoms with Gasteiger partial charge in [0.05, 0.1) is 13.7 Å². The average molecular weight is 525 g/mol. The van der Waals surface area contributed by atoms with Crippen molar-refractivity contribution >= 4 is 35.6 Å². The van der Waals surface area contributed by atoms with E-state index in [1.54, 1.807) is 14.2 Å². The summed E-state index contributed by atoms with van der Waals surface area (Å²) < 4.78 is 16.7. The SMILES string of the molecule is CCOc1ccc(NC(=NC)NCC2(c3ccccc3)CCOCC2)cc1OC.I. The lowest BCUT2D eigenvalue weighted by Crippen LogP contribution is -2.46. The normalized spacial score (nSPS) is 15.6. The molecule has 0 atom stereocenters. The standard InChI is InChI=1S/C23H31N3O3.HI/c1-4-29-20-11-10-19(16-21(20)27-3)26-22(24-2)25-17-23(12-14-28-15-13-23)18-8-6-5-7-9-18;/h5-11,16H,4,12-15,17H2,1-3H3,(H2,24,25,26);1H. The number of ether oxygens (including phenoxy) is 3. The summed E-state index contributed by atoms with van der Waals surface area (Å²) in [6.07, 6.45) is 1.97. The van der Waals surface area contributed by atoms with Gasteiger partial charge in [0.25, 0.3) is 0 Å². The first kappa shape index (κ1) is 24.3. The van der Waals surface area contributed by atoms with Gasteiger partial charge in [-0.3, -0.25) is 4.99 Å². The molecule has 1 heterocycles. The highest BCUT2D eigenvalue weighted by Gasteiger charge is 2.34. The summed E-state index contributed by atoms with van der Waals surface area (Å²) in [5.41, 5.74) is 2.27. The van der Waals surface area contributed by atoms with Gasteiger partial charge in [0.1, 0.15) is 0 Å². The molecule has 1 aliphatic rings. The molecule has 1 saturated heterocycles. The molecule has 2 aromatic rings. The van der Waals surface area contributed by atoms with Gasteiger partial charge < -0.3 is 24.8 Å². The zero-order chi connectivity index (χ0) is 20.5. The van der Waals surface area contributed by atoms with Crippen molar-refractivity contribution in [1.82, 2.24) is 5.32 Å². The summed E-state index contributed by atoms with van der Waals surface area (Å²) in [5, 5.41) is 6.87. The third-order valence-electron chi connectivity index (χ3n) is 5.38. The zero-order valence-electron chi connectivity index (χ0n) is 17.9. The van der Waals surface area contributed by atoms with Crippen molar-refractivity contribution in [2.75, 3.05) is 45.8 Å². The molecule has 0 amide bonds. The molecule has 7 heteroatoms. The highest BCUT2D eigenvalue weighted by Crippen LogP contribution is 2.34. The van der Waals surface area contributed by atoms with Crippen LogP contribution in [-0.2, 0) is 10.2 Å². The lowest BCUT2D eigenvalue weighted by Gasteiger charge is -2.38. The Hall–Kier alpha value is -2.00. The van der Waals surface area contributed by atoms with Crippen LogP contribution >= 0.6 is 24.0 Å². The van der Waals surface area contributed by atoms with Crippen molar-refractivity contribution in [2.24, 2.45) is 4.99 Å². The highest BCUT2D eigenvalue weighted by atomic mass is 127. The molecular weight excluding hydrogens is 493 g/mol. The van der Waals surface area contributed by atoms with Gasteiger partial charge in [-0.25, -0.2) is 0 Å². The van der Waals surface area contributed by atoms with E-state index in [1.807, 2.05) is 25.1 Å². The van der Waals surface area contributed by atoms with Crippen LogP contribution in [0.5, 0.6) is 11.5 Å². The maximum atomic E-state index is 5.63. The predicted octanol–water partition coefficient (Wildman–Crippen LogP) is 4.45. The van der Waals surface area contributed by atoms with Crippen molar-refractivity contribution in [3.63, 3.8) is 0 Å². The quantitative estimate of drug-likeness (QED) is 0.318. The fraction of sp³-hybridized carbons (Fsp3) is 0.435. The second-order valence-electron chi connectivity index (χ2n) is 7.11.